The Hall–Kier alpha value is -1.92. The summed E-state index contributed by atoms with van der Waals surface area (Å²) in [5.74, 6) is 0.0434. The molecule has 0 radical (unpaired) electrons. The monoisotopic (exact) mass is 426 g/mol. The molecule has 0 aliphatic rings. The van der Waals surface area contributed by atoms with Crippen LogP contribution in [0.15, 0.2) is 53.4 Å². The molecule has 0 saturated heterocycles. The molecule has 0 saturated carbocycles. The number of anilines is 1. The minimum absolute atomic E-state index is 0. The predicted molar refractivity (Wildman–Crippen MR) is 94.9 cm³/mol. The van der Waals surface area contributed by atoms with E-state index in [1.54, 1.807) is 30.1 Å². The van der Waals surface area contributed by atoms with Gasteiger partial charge in [-0.05, 0) is 0 Å². The van der Waals surface area contributed by atoms with Crippen LogP contribution in [0.2, 0.25) is 0 Å². The summed E-state index contributed by atoms with van der Waals surface area (Å²) in [7, 11) is 1.70. The zero-order chi connectivity index (χ0) is 16.1. The first kappa shape index (κ1) is 25.3. The van der Waals surface area contributed by atoms with Crippen LogP contribution >= 0.6 is 11.8 Å². The molecule has 3 N–H and O–H groups in total. The van der Waals surface area contributed by atoms with Crippen molar-refractivity contribution in [3.63, 3.8) is 0 Å². The summed E-state index contributed by atoms with van der Waals surface area (Å²) in [5.41, 5.74) is 0.831. The second kappa shape index (κ2) is 11.6. The molecule has 0 aliphatic carbocycles. The molecule has 8 nitrogen and oxygen atoms in total. The van der Waals surface area contributed by atoms with E-state index in [4.69, 9.17) is 0 Å². The van der Waals surface area contributed by atoms with Crippen molar-refractivity contribution in [1.29, 1.82) is 0 Å². The maximum absolute atomic E-state index is 12.2. The van der Waals surface area contributed by atoms with Gasteiger partial charge >= 0.3 is 141 Å². The molecule has 0 fully saturated rings. The number of nitro benzene ring substituents is 1. The zero-order valence-electron chi connectivity index (χ0n) is 13.2. The molecule has 1 amide bonds. The summed E-state index contributed by atoms with van der Waals surface area (Å²) in [5, 5.41) is 11.0. The molecule has 25 heavy (non-hydrogen) atoms. The predicted octanol–water partition coefficient (Wildman–Crippen LogP) is 1.61. The number of para-hydroxylation sites is 1. The number of thioether (sulfide) groups is 1. The second-order valence-electron chi connectivity index (χ2n) is 4.51. The van der Waals surface area contributed by atoms with Gasteiger partial charge in [0.05, 0.1) is 0 Å². The zero-order valence-corrected chi connectivity index (χ0v) is 16.1. The standard InChI is InChI=1S/C15H13GeN2O3S.3H2O/c1-17(12-8-6-11(16)7-9-12)15(19)10-22-14-5-3-2-4-13(14)18(20)21;;;/h2-9H,10H2,1H3;3*1H2/q+3;;;/p-3. The molecule has 2 aromatic rings. The minimum Gasteiger partial charge on any atom is -0.870 e. The molecule has 0 aromatic heterocycles. The molecule has 0 atom stereocenters. The van der Waals surface area contributed by atoms with Crippen molar-refractivity contribution in [3.8, 4) is 0 Å². The molecule has 0 spiro atoms. The molecule has 2 aromatic carbocycles. The van der Waals surface area contributed by atoms with E-state index in [2.05, 4.69) is 0 Å². The first-order valence-corrected chi connectivity index (χ1v) is 8.47. The molecule has 0 heterocycles. The number of amides is 1. The maximum atomic E-state index is 12.2. The minimum atomic E-state index is -0.434. The number of rotatable bonds is 5. The average molecular weight is 425 g/mol. The fourth-order valence-electron chi connectivity index (χ4n) is 1.80. The number of carbonyl (C=O) groups excluding carboxylic acids is 1. The van der Waals surface area contributed by atoms with Gasteiger partial charge in [0.1, 0.15) is 0 Å². The Labute approximate surface area is 157 Å². The Morgan fingerprint density at radius 3 is 2.24 bits per heavy atom. The first-order chi connectivity index (χ1) is 10.5. The summed E-state index contributed by atoms with van der Waals surface area (Å²) >= 11 is 3.16. The van der Waals surface area contributed by atoms with Crippen LogP contribution in [0.1, 0.15) is 0 Å². The Morgan fingerprint density at radius 2 is 1.68 bits per heavy atom. The molecule has 0 bridgehead atoms. The van der Waals surface area contributed by atoms with E-state index in [1.807, 2.05) is 40.8 Å². The third kappa shape index (κ3) is 6.84. The van der Waals surface area contributed by atoms with Crippen molar-refractivity contribution in [2.75, 3.05) is 17.7 Å². The molecular formula is C15H16GeN2O6S. The largest absolute Gasteiger partial charge is 0.870 e. The van der Waals surface area contributed by atoms with Gasteiger partial charge in [0.25, 0.3) is 0 Å². The number of nitro groups is 1. The van der Waals surface area contributed by atoms with E-state index in [1.165, 1.54) is 17.8 Å². The van der Waals surface area contributed by atoms with E-state index in [0.717, 1.165) is 10.1 Å². The van der Waals surface area contributed by atoms with Crippen LogP contribution in [0.25, 0.3) is 0 Å². The van der Waals surface area contributed by atoms with E-state index < -0.39 is 4.92 Å². The van der Waals surface area contributed by atoms with Crippen LogP contribution in [0.4, 0.5) is 11.4 Å². The Balaban J connectivity index is 0. The van der Waals surface area contributed by atoms with Crippen molar-refractivity contribution in [2.45, 2.75) is 4.90 Å². The van der Waals surface area contributed by atoms with Gasteiger partial charge in [0.15, 0.2) is 0 Å². The van der Waals surface area contributed by atoms with Crippen LogP contribution in [0.5, 0.6) is 0 Å². The van der Waals surface area contributed by atoms with Crippen LogP contribution in [-0.2, 0) is 4.79 Å². The third-order valence-corrected chi connectivity index (χ3v) is 4.79. The number of benzene rings is 2. The van der Waals surface area contributed by atoms with Gasteiger partial charge < -0.3 is 16.4 Å². The van der Waals surface area contributed by atoms with Gasteiger partial charge in [-0.3, -0.25) is 0 Å². The first-order valence-electron chi connectivity index (χ1n) is 6.43. The van der Waals surface area contributed by atoms with E-state index in [9.17, 15) is 14.9 Å². The van der Waals surface area contributed by atoms with E-state index >= 15 is 0 Å². The topological polar surface area (TPSA) is 153 Å². The van der Waals surface area contributed by atoms with Gasteiger partial charge in [-0.15, -0.1) is 0 Å². The van der Waals surface area contributed by atoms with Crippen molar-refractivity contribution < 1.29 is 26.1 Å². The van der Waals surface area contributed by atoms with Crippen molar-refractivity contribution in [1.82, 2.24) is 0 Å². The molecule has 132 valence electrons. The summed E-state index contributed by atoms with van der Waals surface area (Å²) < 4.78 is 1.12. The fraction of sp³-hybridized carbons (Fsp3) is 0.133. The Kier molecular flexibility index (Phi) is 11.8. The SMILES string of the molecule is CN(C(=O)CSc1ccccc1[N+](=O)[O-])c1cc[c]([Ge+3])cc1.[OH-].[OH-].[OH-]. The summed E-state index contributed by atoms with van der Waals surface area (Å²) in [6.07, 6.45) is 0. The molecule has 0 unspecified atom stereocenters. The maximum Gasteiger partial charge on any atom is -0.870 e. The summed E-state index contributed by atoms with van der Waals surface area (Å²) in [6.45, 7) is 0. The van der Waals surface area contributed by atoms with Gasteiger partial charge in [-0.25, -0.2) is 0 Å². The van der Waals surface area contributed by atoms with Crippen molar-refractivity contribution in [2.24, 2.45) is 0 Å². The molecule has 0 aliphatic heterocycles. The van der Waals surface area contributed by atoms with Gasteiger partial charge in [0.2, 0.25) is 0 Å². The van der Waals surface area contributed by atoms with Crippen LogP contribution < -0.4 is 9.30 Å². The normalized spacial score (nSPS) is 9.08. The second-order valence-corrected chi connectivity index (χ2v) is 6.74. The quantitative estimate of drug-likeness (QED) is 0.305. The fourth-order valence-corrected chi connectivity index (χ4v) is 3.08. The van der Waals surface area contributed by atoms with Gasteiger partial charge in [-0.2, -0.15) is 0 Å². The number of hydrogen-bond acceptors (Lipinski definition) is 7. The third-order valence-electron chi connectivity index (χ3n) is 3.04. The van der Waals surface area contributed by atoms with Crippen LogP contribution in [0, 0.1) is 10.1 Å². The number of carbonyl (C=O) groups is 1. The van der Waals surface area contributed by atoms with E-state index in [0.29, 0.717) is 4.90 Å². The average Bonchev–Trinajstić information content (AvgIpc) is 2.52. The van der Waals surface area contributed by atoms with Crippen LogP contribution in [0.3, 0.4) is 0 Å². The molecular weight excluding hydrogens is 409 g/mol. The van der Waals surface area contributed by atoms with Crippen LogP contribution in [-0.4, -0.2) is 56.6 Å². The Morgan fingerprint density at radius 1 is 1.12 bits per heavy atom. The number of nitrogens with zero attached hydrogens (tertiary/aromatic N) is 2. The van der Waals surface area contributed by atoms with Crippen molar-refractivity contribution >= 4 is 50.0 Å². The van der Waals surface area contributed by atoms with Crippen molar-refractivity contribution in [3.05, 3.63) is 58.6 Å². The smallest absolute Gasteiger partial charge is 0.870 e. The number of hydrogen-bond donors (Lipinski definition) is 0. The van der Waals surface area contributed by atoms with E-state index in [-0.39, 0.29) is 33.8 Å². The Bertz CT molecular complexity index is 699. The molecule has 10 heteroatoms. The summed E-state index contributed by atoms with van der Waals surface area (Å²) in [4.78, 5) is 24.8. The molecule has 2 rings (SSSR count). The summed E-state index contributed by atoms with van der Waals surface area (Å²) in [6, 6.07) is 14.1. The van der Waals surface area contributed by atoms with Gasteiger partial charge in [-0.1, -0.05) is 0 Å². The van der Waals surface area contributed by atoms with Gasteiger partial charge in [0, 0.05) is 0 Å².